The van der Waals surface area contributed by atoms with Crippen LogP contribution in [-0.2, 0) is 21.0 Å². The molecule has 0 aliphatic heterocycles. The van der Waals surface area contributed by atoms with Crippen LogP contribution in [0.4, 0.5) is 18.9 Å². The SMILES string of the molecule is COc1ccc(S(=O)(=O)N(C)CC(=O)Nc2ccc(Cl)c(C(F)(F)F)c2)cc1Cl. The van der Waals surface area contributed by atoms with Gasteiger partial charge in [-0.05, 0) is 36.4 Å². The first kappa shape index (κ1) is 23.3. The highest BCUT2D eigenvalue weighted by Crippen LogP contribution is 2.36. The van der Waals surface area contributed by atoms with Gasteiger partial charge in [-0.3, -0.25) is 4.79 Å². The van der Waals surface area contributed by atoms with Gasteiger partial charge < -0.3 is 10.1 Å². The molecule has 0 heterocycles. The van der Waals surface area contributed by atoms with Crippen molar-refractivity contribution in [2.45, 2.75) is 11.1 Å². The van der Waals surface area contributed by atoms with Gasteiger partial charge in [-0.2, -0.15) is 17.5 Å². The number of carbonyl (C=O) groups excluding carboxylic acids is 1. The maximum absolute atomic E-state index is 12.9. The molecule has 0 unspecified atom stereocenters. The van der Waals surface area contributed by atoms with E-state index in [2.05, 4.69) is 5.32 Å². The molecule has 158 valence electrons. The van der Waals surface area contributed by atoms with Gasteiger partial charge in [-0.15, -0.1) is 0 Å². The third-order valence-corrected chi connectivity index (χ3v) is 6.18. The van der Waals surface area contributed by atoms with Crippen molar-refractivity contribution >= 4 is 44.8 Å². The number of methoxy groups -OCH3 is 1. The summed E-state index contributed by atoms with van der Waals surface area (Å²) in [7, 11) is -1.56. The number of amides is 1. The summed E-state index contributed by atoms with van der Waals surface area (Å²) in [5.41, 5.74) is -1.30. The van der Waals surface area contributed by atoms with Crippen LogP contribution in [0.15, 0.2) is 41.3 Å². The highest BCUT2D eigenvalue weighted by atomic mass is 35.5. The topological polar surface area (TPSA) is 75.7 Å². The molecule has 2 aromatic rings. The van der Waals surface area contributed by atoms with E-state index in [1.54, 1.807) is 0 Å². The average Bonchev–Trinajstić information content (AvgIpc) is 2.62. The highest BCUT2D eigenvalue weighted by Gasteiger charge is 2.33. The minimum absolute atomic E-state index is 0.0623. The Hall–Kier alpha value is -2.01. The van der Waals surface area contributed by atoms with Crippen LogP contribution in [0.3, 0.4) is 0 Å². The molecule has 0 spiro atoms. The number of sulfonamides is 1. The standard InChI is InChI=1S/C17H15Cl2F3N2O4S/c1-24(29(26,27)11-4-6-15(28-2)14(19)8-11)9-16(25)23-10-3-5-13(18)12(7-10)17(20,21)22/h3-8H,9H2,1-2H3,(H,23,25). The summed E-state index contributed by atoms with van der Waals surface area (Å²) in [5.74, 6) is -0.569. The van der Waals surface area contributed by atoms with Crippen molar-refractivity contribution in [1.82, 2.24) is 4.31 Å². The van der Waals surface area contributed by atoms with Gasteiger partial charge in [0.2, 0.25) is 15.9 Å². The lowest BCUT2D eigenvalue weighted by atomic mass is 10.2. The second-order valence-electron chi connectivity index (χ2n) is 5.80. The van der Waals surface area contributed by atoms with E-state index in [1.165, 1.54) is 31.4 Å². The molecule has 0 radical (unpaired) electrons. The summed E-state index contributed by atoms with van der Waals surface area (Å²) < 4.78 is 69.6. The molecule has 0 bridgehead atoms. The summed E-state index contributed by atoms with van der Waals surface area (Å²) in [6.07, 6.45) is -4.70. The lowest BCUT2D eigenvalue weighted by Crippen LogP contribution is -2.35. The van der Waals surface area contributed by atoms with Gasteiger partial charge in [0.15, 0.2) is 0 Å². The number of carbonyl (C=O) groups is 1. The van der Waals surface area contributed by atoms with Crippen molar-refractivity contribution in [2.24, 2.45) is 0 Å². The predicted octanol–water partition coefficient (Wildman–Crippen LogP) is 4.28. The second-order valence-corrected chi connectivity index (χ2v) is 8.66. The van der Waals surface area contributed by atoms with Gasteiger partial charge in [0.25, 0.3) is 0 Å². The van der Waals surface area contributed by atoms with Crippen molar-refractivity contribution in [1.29, 1.82) is 0 Å². The van der Waals surface area contributed by atoms with Crippen molar-refractivity contribution in [2.75, 3.05) is 26.0 Å². The fourth-order valence-electron chi connectivity index (χ4n) is 2.30. The molecule has 29 heavy (non-hydrogen) atoms. The largest absolute Gasteiger partial charge is 0.495 e. The van der Waals surface area contributed by atoms with E-state index in [-0.39, 0.29) is 21.4 Å². The number of nitrogens with one attached hydrogen (secondary N) is 1. The average molecular weight is 471 g/mol. The van der Waals surface area contributed by atoms with E-state index in [9.17, 15) is 26.4 Å². The van der Waals surface area contributed by atoms with Crippen molar-refractivity contribution in [3.63, 3.8) is 0 Å². The van der Waals surface area contributed by atoms with Crippen LogP contribution in [-0.4, -0.2) is 39.3 Å². The van der Waals surface area contributed by atoms with Crippen LogP contribution in [0.25, 0.3) is 0 Å². The number of benzene rings is 2. The van der Waals surface area contributed by atoms with Gasteiger partial charge >= 0.3 is 6.18 Å². The van der Waals surface area contributed by atoms with Gasteiger partial charge in [0.1, 0.15) is 5.75 Å². The minimum atomic E-state index is -4.70. The second kappa shape index (κ2) is 8.78. The summed E-state index contributed by atoms with van der Waals surface area (Å²) in [5, 5.41) is 1.76. The summed E-state index contributed by atoms with van der Waals surface area (Å²) in [4.78, 5) is 12.0. The first-order valence-electron chi connectivity index (χ1n) is 7.82. The van der Waals surface area contributed by atoms with Gasteiger partial charge in [-0.1, -0.05) is 23.2 Å². The lowest BCUT2D eigenvalue weighted by molar-refractivity contribution is -0.137. The lowest BCUT2D eigenvalue weighted by Gasteiger charge is -2.18. The molecule has 1 amide bonds. The molecular weight excluding hydrogens is 456 g/mol. The Morgan fingerprint density at radius 2 is 1.79 bits per heavy atom. The minimum Gasteiger partial charge on any atom is -0.495 e. The Kier molecular flexibility index (Phi) is 7.05. The summed E-state index contributed by atoms with van der Waals surface area (Å²) in [6.45, 7) is -0.643. The number of hydrogen-bond donors (Lipinski definition) is 1. The summed E-state index contributed by atoms with van der Waals surface area (Å²) in [6, 6.07) is 6.60. The smallest absolute Gasteiger partial charge is 0.417 e. The van der Waals surface area contributed by atoms with Crippen molar-refractivity contribution in [3.8, 4) is 5.75 Å². The van der Waals surface area contributed by atoms with Crippen LogP contribution in [0.1, 0.15) is 5.56 Å². The fourth-order valence-corrected chi connectivity index (χ4v) is 4.00. The molecule has 0 aliphatic rings. The third kappa shape index (κ3) is 5.53. The van der Waals surface area contributed by atoms with Gasteiger partial charge in [0, 0.05) is 12.7 Å². The van der Waals surface area contributed by atoms with E-state index in [0.717, 1.165) is 17.4 Å². The fraction of sp³-hybridized carbons (Fsp3) is 0.235. The molecule has 1 N–H and O–H groups in total. The number of ether oxygens (including phenoxy) is 1. The Labute approximate surface area is 175 Å². The third-order valence-electron chi connectivity index (χ3n) is 3.75. The first-order chi connectivity index (χ1) is 13.4. The van der Waals surface area contributed by atoms with E-state index < -0.39 is 39.2 Å². The van der Waals surface area contributed by atoms with Crippen LogP contribution in [0.5, 0.6) is 5.75 Å². The Morgan fingerprint density at radius 3 is 2.34 bits per heavy atom. The number of alkyl halides is 3. The number of halogens is 5. The molecule has 6 nitrogen and oxygen atoms in total. The predicted molar refractivity (Wildman–Crippen MR) is 103 cm³/mol. The Morgan fingerprint density at radius 1 is 1.14 bits per heavy atom. The quantitative estimate of drug-likeness (QED) is 0.683. The molecule has 2 rings (SSSR count). The van der Waals surface area contributed by atoms with E-state index in [1.807, 2.05) is 0 Å². The first-order valence-corrected chi connectivity index (χ1v) is 10.0. The molecule has 2 aromatic carbocycles. The normalized spacial score (nSPS) is 12.1. The van der Waals surface area contributed by atoms with Crippen LogP contribution in [0.2, 0.25) is 10.0 Å². The number of likely N-dealkylation sites (N-methyl/N-ethyl adjacent to an activating group) is 1. The number of rotatable bonds is 6. The van der Waals surface area contributed by atoms with E-state index in [4.69, 9.17) is 27.9 Å². The zero-order valence-electron chi connectivity index (χ0n) is 15.0. The monoisotopic (exact) mass is 470 g/mol. The van der Waals surface area contributed by atoms with Crippen LogP contribution in [0, 0.1) is 0 Å². The molecule has 12 heteroatoms. The maximum atomic E-state index is 12.9. The Bertz CT molecular complexity index is 1030. The number of hydrogen-bond acceptors (Lipinski definition) is 4. The number of nitrogens with zero attached hydrogens (tertiary/aromatic N) is 1. The van der Waals surface area contributed by atoms with Gasteiger partial charge in [0.05, 0.1) is 34.2 Å². The van der Waals surface area contributed by atoms with Gasteiger partial charge in [-0.25, -0.2) is 8.42 Å². The maximum Gasteiger partial charge on any atom is 0.417 e. The van der Waals surface area contributed by atoms with Crippen LogP contribution >= 0.6 is 23.2 Å². The molecule has 0 saturated heterocycles. The molecular formula is C17H15Cl2F3N2O4S. The molecule has 0 aliphatic carbocycles. The number of anilines is 1. The van der Waals surface area contributed by atoms with Crippen LogP contribution < -0.4 is 10.1 Å². The zero-order chi connectivity index (χ0) is 22.0. The van der Waals surface area contributed by atoms with Crippen molar-refractivity contribution in [3.05, 3.63) is 52.0 Å². The summed E-state index contributed by atoms with van der Waals surface area (Å²) >= 11 is 11.5. The zero-order valence-corrected chi connectivity index (χ0v) is 17.4. The highest BCUT2D eigenvalue weighted by molar-refractivity contribution is 7.89. The van der Waals surface area contributed by atoms with E-state index in [0.29, 0.717) is 6.07 Å². The van der Waals surface area contributed by atoms with E-state index >= 15 is 0 Å². The molecule has 0 fully saturated rings. The van der Waals surface area contributed by atoms with Crippen molar-refractivity contribution < 1.29 is 31.1 Å². The molecule has 0 atom stereocenters. The molecule has 0 aromatic heterocycles. The molecule has 0 saturated carbocycles. The Balaban J connectivity index is 2.15.